The van der Waals surface area contributed by atoms with Crippen LogP contribution in [0.1, 0.15) is 19.1 Å². The molecule has 0 aliphatic heterocycles. The molecular formula is C9H13NO3. The number of hydrogen-bond donors (Lipinski definition) is 2. The Hall–Kier alpha value is -1.29. The highest BCUT2D eigenvalue weighted by atomic mass is 16.4. The minimum Gasteiger partial charge on any atom is -0.480 e. The van der Waals surface area contributed by atoms with Crippen molar-refractivity contribution in [2.24, 2.45) is 0 Å². The van der Waals surface area contributed by atoms with Crippen LogP contribution in [0.2, 0.25) is 0 Å². The zero-order chi connectivity index (χ0) is 9.68. The Morgan fingerprint density at radius 3 is 3.00 bits per heavy atom. The summed E-state index contributed by atoms with van der Waals surface area (Å²) in [5, 5.41) is 11.6. The van der Waals surface area contributed by atoms with Crippen LogP contribution >= 0.6 is 0 Å². The standard InChI is InChI=1S/C9H13NO3/c1-2-8(9(11)12)10-6-7-4-3-5-13-7/h3-5,8,10H,2,6H2,1H3,(H,11,12). The van der Waals surface area contributed by atoms with E-state index in [-0.39, 0.29) is 0 Å². The molecule has 4 heteroatoms. The fraction of sp³-hybridized carbons (Fsp3) is 0.444. The molecule has 0 bridgehead atoms. The lowest BCUT2D eigenvalue weighted by Crippen LogP contribution is -2.35. The van der Waals surface area contributed by atoms with Crippen molar-refractivity contribution in [3.63, 3.8) is 0 Å². The van der Waals surface area contributed by atoms with Crippen LogP contribution in [-0.2, 0) is 11.3 Å². The Kier molecular flexibility index (Phi) is 3.52. The number of hydrogen-bond acceptors (Lipinski definition) is 3. The lowest BCUT2D eigenvalue weighted by molar-refractivity contribution is -0.139. The zero-order valence-electron chi connectivity index (χ0n) is 7.49. The molecule has 72 valence electrons. The lowest BCUT2D eigenvalue weighted by Gasteiger charge is -2.10. The third-order valence-corrected chi connectivity index (χ3v) is 1.81. The van der Waals surface area contributed by atoms with E-state index in [0.29, 0.717) is 13.0 Å². The van der Waals surface area contributed by atoms with Gasteiger partial charge < -0.3 is 9.52 Å². The molecule has 4 nitrogen and oxygen atoms in total. The van der Waals surface area contributed by atoms with E-state index in [2.05, 4.69) is 5.32 Å². The molecule has 13 heavy (non-hydrogen) atoms. The number of carboxylic acids is 1. The molecule has 1 rings (SSSR count). The Morgan fingerprint density at radius 1 is 1.77 bits per heavy atom. The number of furan rings is 1. The first-order valence-corrected chi connectivity index (χ1v) is 4.22. The van der Waals surface area contributed by atoms with E-state index in [0.717, 1.165) is 5.76 Å². The van der Waals surface area contributed by atoms with Crippen molar-refractivity contribution in [2.75, 3.05) is 0 Å². The lowest BCUT2D eigenvalue weighted by atomic mass is 10.2. The second-order valence-corrected chi connectivity index (χ2v) is 2.76. The molecule has 0 saturated carbocycles. The van der Waals surface area contributed by atoms with Gasteiger partial charge in [-0.2, -0.15) is 0 Å². The summed E-state index contributed by atoms with van der Waals surface area (Å²) in [5.74, 6) is -0.0752. The van der Waals surface area contributed by atoms with Crippen molar-refractivity contribution in [3.8, 4) is 0 Å². The van der Waals surface area contributed by atoms with Gasteiger partial charge in [-0.05, 0) is 18.6 Å². The summed E-state index contributed by atoms with van der Waals surface area (Å²) >= 11 is 0. The van der Waals surface area contributed by atoms with E-state index >= 15 is 0 Å². The van der Waals surface area contributed by atoms with Crippen LogP contribution < -0.4 is 5.32 Å². The van der Waals surface area contributed by atoms with Crippen molar-refractivity contribution in [3.05, 3.63) is 24.2 Å². The average Bonchev–Trinajstić information content (AvgIpc) is 2.57. The molecule has 1 heterocycles. The van der Waals surface area contributed by atoms with Crippen LogP contribution in [0.5, 0.6) is 0 Å². The van der Waals surface area contributed by atoms with Crippen LogP contribution in [0.15, 0.2) is 22.8 Å². The maximum Gasteiger partial charge on any atom is 0.320 e. The molecule has 1 aromatic heterocycles. The highest BCUT2D eigenvalue weighted by molar-refractivity contribution is 5.73. The summed E-state index contributed by atoms with van der Waals surface area (Å²) in [5.41, 5.74) is 0. The molecule has 1 unspecified atom stereocenters. The number of rotatable bonds is 5. The molecule has 1 aromatic rings. The smallest absolute Gasteiger partial charge is 0.320 e. The van der Waals surface area contributed by atoms with Crippen molar-refractivity contribution < 1.29 is 14.3 Å². The largest absolute Gasteiger partial charge is 0.480 e. The maximum absolute atomic E-state index is 10.6. The summed E-state index contributed by atoms with van der Waals surface area (Å²) < 4.78 is 5.05. The first-order valence-electron chi connectivity index (χ1n) is 4.22. The number of aliphatic carboxylic acids is 1. The van der Waals surface area contributed by atoms with Gasteiger partial charge in [0.15, 0.2) is 0 Å². The van der Waals surface area contributed by atoms with Gasteiger partial charge in [0.25, 0.3) is 0 Å². The molecule has 0 aliphatic carbocycles. The van der Waals surface area contributed by atoms with Crippen molar-refractivity contribution in [2.45, 2.75) is 25.9 Å². The molecule has 0 radical (unpaired) electrons. The Morgan fingerprint density at radius 2 is 2.54 bits per heavy atom. The van der Waals surface area contributed by atoms with Crippen molar-refractivity contribution in [1.82, 2.24) is 5.32 Å². The molecule has 0 fully saturated rings. The summed E-state index contributed by atoms with van der Waals surface area (Å²) in [6.45, 7) is 2.28. The molecule has 1 atom stereocenters. The van der Waals surface area contributed by atoms with E-state index in [9.17, 15) is 4.79 Å². The third kappa shape index (κ3) is 2.91. The van der Waals surface area contributed by atoms with Gasteiger partial charge in [-0.15, -0.1) is 0 Å². The van der Waals surface area contributed by atoms with Crippen LogP contribution in [0.4, 0.5) is 0 Å². The summed E-state index contributed by atoms with van der Waals surface area (Å²) in [4.78, 5) is 10.6. The maximum atomic E-state index is 10.6. The van der Waals surface area contributed by atoms with Crippen molar-refractivity contribution >= 4 is 5.97 Å². The first kappa shape index (κ1) is 9.80. The topological polar surface area (TPSA) is 62.5 Å². The van der Waals surface area contributed by atoms with Gasteiger partial charge in [0.05, 0.1) is 12.8 Å². The number of carbonyl (C=O) groups is 1. The highest BCUT2D eigenvalue weighted by Crippen LogP contribution is 2.00. The van der Waals surface area contributed by atoms with Gasteiger partial charge in [-0.3, -0.25) is 10.1 Å². The molecule has 0 aliphatic rings. The minimum absolute atomic E-state index is 0.456. The third-order valence-electron chi connectivity index (χ3n) is 1.81. The van der Waals surface area contributed by atoms with Crippen LogP contribution in [-0.4, -0.2) is 17.1 Å². The fourth-order valence-corrected chi connectivity index (χ4v) is 1.04. The number of nitrogens with one attached hydrogen (secondary N) is 1. The van der Waals surface area contributed by atoms with Gasteiger partial charge in [-0.1, -0.05) is 6.92 Å². The monoisotopic (exact) mass is 183 g/mol. The van der Waals surface area contributed by atoms with E-state index < -0.39 is 12.0 Å². The van der Waals surface area contributed by atoms with Gasteiger partial charge in [-0.25, -0.2) is 0 Å². The van der Waals surface area contributed by atoms with E-state index in [1.54, 1.807) is 12.3 Å². The Bertz CT molecular complexity index is 256. The molecule has 0 amide bonds. The van der Waals surface area contributed by atoms with Crippen LogP contribution in [0, 0.1) is 0 Å². The molecule has 0 saturated heterocycles. The zero-order valence-corrected chi connectivity index (χ0v) is 7.49. The van der Waals surface area contributed by atoms with E-state index in [1.807, 2.05) is 13.0 Å². The highest BCUT2D eigenvalue weighted by Gasteiger charge is 2.13. The predicted molar refractivity (Wildman–Crippen MR) is 47.3 cm³/mol. The molecule has 0 aromatic carbocycles. The summed E-state index contributed by atoms with van der Waals surface area (Å²) in [6, 6.07) is 3.09. The Labute approximate surface area is 76.6 Å². The van der Waals surface area contributed by atoms with Crippen LogP contribution in [0.3, 0.4) is 0 Å². The SMILES string of the molecule is CCC(NCc1ccco1)C(=O)O. The summed E-state index contributed by atoms with van der Waals surface area (Å²) in [6.07, 6.45) is 2.13. The molecule has 0 spiro atoms. The summed E-state index contributed by atoms with van der Waals surface area (Å²) in [7, 11) is 0. The van der Waals surface area contributed by atoms with Gasteiger partial charge in [0, 0.05) is 0 Å². The second-order valence-electron chi connectivity index (χ2n) is 2.76. The second kappa shape index (κ2) is 4.67. The normalized spacial score (nSPS) is 12.7. The number of carboxylic acid groups (broad SMARTS) is 1. The fourth-order valence-electron chi connectivity index (χ4n) is 1.04. The van der Waals surface area contributed by atoms with Crippen LogP contribution in [0.25, 0.3) is 0 Å². The van der Waals surface area contributed by atoms with Gasteiger partial charge >= 0.3 is 5.97 Å². The average molecular weight is 183 g/mol. The predicted octanol–water partition coefficient (Wildman–Crippen LogP) is 1.23. The van der Waals surface area contributed by atoms with E-state index in [4.69, 9.17) is 9.52 Å². The Balaban J connectivity index is 2.36. The van der Waals surface area contributed by atoms with Gasteiger partial charge in [0.1, 0.15) is 11.8 Å². The molecular weight excluding hydrogens is 170 g/mol. The van der Waals surface area contributed by atoms with Gasteiger partial charge in [0.2, 0.25) is 0 Å². The van der Waals surface area contributed by atoms with Crippen molar-refractivity contribution in [1.29, 1.82) is 0 Å². The quantitative estimate of drug-likeness (QED) is 0.720. The molecule has 2 N–H and O–H groups in total. The van der Waals surface area contributed by atoms with E-state index in [1.165, 1.54) is 0 Å². The first-order chi connectivity index (χ1) is 6.24. The minimum atomic E-state index is -0.825.